The van der Waals surface area contributed by atoms with Gasteiger partial charge in [0.25, 0.3) is 5.91 Å². The Labute approximate surface area is 166 Å². The smallest absolute Gasteiger partial charge is 0.266 e. The van der Waals surface area contributed by atoms with Gasteiger partial charge in [0.2, 0.25) is 0 Å². The van der Waals surface area contributed by atoms with Crippen LogP contribution >= 0.6 is 23.2 Å². The van der Waals surface area contributed by atoms with Gasteiger partial charge in [-0.05, 0) is 58.8 Å². The Morgan fingerprint density at radius 3 is 2.37 bits per heavy atom. The van der Waals surface area contributed by atoms with E-state index < -0.39 is 5.91 Å². The fourth-order valence-electron chi connectivity index (χ4n) is 2.60. The quantitative estimate of drug-likeness (QED) is 0.454. The van der Waals surface area contributed by atoms with Crippen LogP contribution in [0, 0.1) is 11.3 Å². The van der Waals surface area contributed by atoms with Crippen LogP contribution in [0.15, 0.2) is 60.2 Å². The van der Waals surface area contributed by atoms with Gasteiger partial charge < -0.3 is 10.1 Å². The molecule has 134 valence electrons. The molecule has 0 radical (unpaired) electrons. The lowest BCUT2D eigenvalue weighted by Gasteiger charge is -2.06. The summed E-state index contributed by atoms with van der Waals surface area (Å²) in [5.41, 5.74) is 1.13. The maximum absolute atomic E-state index is 12.4. The maximum atomic E-state index is 12.4. The molecule has 0 bridgehead atoms. The third kappa shape index (κ3) is 4.59. The van der Waals surface area contributed by atoms with Crippen LogP contribution in [0.25, 0.3) is 16.8 Å². The lowest BCUT2D eigenvalue weighted by atomic mass is 10.0. The molecule has 0 fully saturated rings. The number of nitrogens with zero attached hydrogens (tertiary/aromatic N) is 1. The number of benzene rings is 3. The summed E-state index contributed by atoms with van der Waals surface area (Å²) in [5, 5.41) is 14.8. The SMILES string of the molecule is COc1ccc2cc(/C=C(\C#N)C(=O)Nc3cc(Cl)cc(Cl)c3)ccc2c1. The van der Waals surface area contributed by atoms with Crippen LogP contribution in [0.2, 0.25) is 10.0 Å². The number of rotatable bonds is 4. The van der Waals surface area contributed by atoms with E-state index in [2.05, 4.69) is 5.32 Å². The van der Waals surface area contributed by atoms with Gasteiger partial charge in [0.05, 0.1) is 7.11 Å². The molecule has 0 saturated carbocycles. The molecule has 0 spiro atoms. The zero-order valence-electron chi connectivity index (χ0n) is 14.3. The molecule has 6 heteroatoms. The lowest BCUT2D eigenvalue weighted by molar-refractivity contribution is -0.112. The second-order valence-corrected chi connectivity index (χ2v) is 6.63. The summed E-state index contributed by atoms with van der Waals surface area (Å²) in [6.45, 7) is 0. The van der Waals surface area contributed by atoms with Crippen molar-refractivity contribution in [3.8, 4) is 11.8 Å². The Morgan fingerprint density at radius 1 is 1.04 bits per heavy atom. The number of amides is 1. The summed E-state index contributed by atoms with van der Waals surface area (Å²) in [6.07, 6.45) is 1.53. The third-order valence-corrected chi connectivity index (χ3v) is 4.30. The van der Waals surface area contributed by atoms with Crippen molar-refractivity contribution in [2.24, 2.45) is 0 Å². The predicted molar refractivity (Wildman–Crippen MR) is 109 cm³/mol. The molecule has 3 rings (SSSR count). The van der Waals surface area contributed by atoms with Gasteiger partial charge in [0.15, 0.2) is 0 Å². The van der Waals surface area contributed by atoms with Crippen molar-refractivity contribution < 1.29 is 9.53 Å². The van der Waals surface area contributed by atoms with E-state index in [1.165, 1.54) is 6.08 Å². The van der Waals surface area contributed by atoms with Gasteiger partial charge in [-0.2, -0.15) is 5.26 Å². The van der Waals surface area contributed by atoms with Gasteiger partial charge in [-0.3, -0.25) is 4.79 Å². The van der Waals surface area contributed by atoms with Crippen LogP contribution in [-0.2, 0) is 4.79 Å². The molecular weight excluding hydrogens is 383 g/mol. The van der Waals surface area contributed by atoms with E-state index >= 15 is 0 Å². The molecule has 1 amide bonds. The average molecular weight is 397 g/mol. The molecular formula is C21H14Cl2N2O2. The number of nitriles is 1. The van der Waals surface area contributed by atoms with Crippen molar-refractivity contribution in [3.63, 3.8) is 0 Å². The van der Waals surface area contributed by atoms with Gasteiger partial charge in [0, 0.05) is 15.7 Å². The topological polar surface area (TPSA) is 62.1 Å². The molecule has 3 aromatic rings. The number of carbonyl (C=O) groups is 1. The van der Waals surface area contributed by atoms with Crippen LogP contribution < -0.4 is 10.1 Å². The third-order valence-electron chi connectivity index (χ3n) is 3.87. The van der Waals surface area contributed by atoms with E-state index in [4.69, 9.17) is 27.9 Å². The highest BCUT2D eigenvalue weighted by Crippen LogP contribution is 2.24. The molecule has 4 nitrogen and oxygen atoms in total. The van der Waals surface area contributed by atoms with E-state index in [0.717, 1.165) is 22.1 Å². The Balaban J connectivity index is 1.87. The Hall–Kier alpha value is -3.00. The van der Waals surface area contributed by atoms with Crippen LogP contribution in [0.4, 0.5) is 5.69 Å². The molecule has 0 unspecified atom stereocenters. The second-order valence-electron chi connectivity index (χ2n) is 5.75. The predicted octanol–water partition coefficient (Wildman–Crippen LogP) is 5.70. The molecule has 1 N–H and O–H groups in total. The van der Waals surface area contributed by atoms with Crippen LogP contribution in [0.3, 0.4) is 0 Å². The molecule has 0 aliphatic carbocycles. The van der Waals surface area contributed by atoms with Gasteiger partial charge >= 0.3 is 0 Å². The summed E-state index contributed by atoms with van der Waals surface area (Å²) >= 11 is 11.9. The first-order valence-electron chi connectivity index (χ1n) is 7.95. The van der Waals surface area contributed by atoms with Crippen molar-refractivity contribution in [1.82, 2.24) is 0 Å². The molecule has 0 atom stereocenters. The van der Waals surface area contributed by atoms with Crippen molar-refractivity contribution in [1.29, 1.82) is 5.26 Å². The van der Waals surface area contributed by atoms with E-state index in [0.29, 0.717) is 15.7 Å². The molecule has 0 aliphatic rings. The van der Waals surface area contributed by atoms with E-state index in [-0.39, 0.29) is 5.57 Å². The first-order valence-corrected chi connectivity index (χ1v) is 8.71. The lowest BCUT2D eigenvalue weighted by Crippen LogP contribution is -2.13. The average Bonchev–Trinajstić information content (AvgIpc) is 2.64. The highest BCUT2D eigenvalue weighted by atomic mass is 35.5. The number of carbonyl (C=O) groups excluding carboxylic acids is 1. The zero-order chi connectivity index (χ0) is 19.4. The minimum atomic E-state index is -0.536. The molecule has 27 heavy (non-hydrogen) atoms. The Bertz CT molecular complexity index is 1080. The van der Waals surface area contributed by atoms with Crippen molar-refractivity contribution >= 4 is 51.6 Å². The number of halogens is 2. The minimum absolute atomic E-state index is 0.0287. The number of ether oxygens (including phenoxy) is 1. The number of hydrogen-bond donors (Lipinski definition) is 1. The number of anilines is 1. The molecule has 0 aromatic heterocycles. The minimum Gasteiger partial charge on any atom is -0.497 e. The fraction of sp³-hybridized carbons (Fsp3) is 0.0476. The highest BCUT2D eigenvalue weighted by molar-refractivity contribution is 6.35. The van der Waals surface area contributed by atoms with Gasteiger partial charge in [-0.15, -0.1) is 0 Å². The molecule has 3 aromatic carbocycles. The van der Waals surface area contributed by atoms with Gasteiger partial charge in [-0.1, -0.05) is 41.4 Å². The first kappa shape index (κ1) is 18.8. The van der Waals surface area contributed by atoms with Crippen LogP contribution in [0.1, 0.15) is 5.56 Å². The zero-order valence-corrected chi connectivity index (χ0v) is 15.8. The first-order chi connectivity index (χ1) is 13.0. The van der Waals surface area contributed by atoms with Crippen molar-refractivity contribution in [2.45, 2.75) is 0 Å². The molecule has 0 saturated heterocycles. The van der Waals surface area contributed by atoms with Gasteiger partial charge in [0.1, 0.15) is 17.4 Å². The Morgan fingerprint density at radius 2 is 1.70 bits per heavy atom. The standard InChI is InChI=1S/C21H14Cl2N2O2/c1-27-20-5-4-14-6-13(2-3-15(14)8-20)7-16(12-24)21(26)25-19-10-17(22)9-18(23)11-19/h2-11H,1H3,(H,25,26)/b16-7+. The summed E-state index contributed by atoms with van der Waals surface area (Å²) in [5.74, 6) is 0.230. The second kappa shape index (κ2) is 8.13. The number of fused-ring (bicyclic) bond motifs is 1. The molecule has 0 heterocycles. The number of nitrogens with one attached hydrogen (secondary N) is 1. The summed E-state index contributed by atoms with van der Waals surface area (Å²) in [4.78, 5) is 12.4. The van der Waals surface area contributed by atoms with Crippen molar-refractivity contribution in [2.75, 3.05) is 12.4 Å². The van der Waals surface area contributed by atoms with Crippen LogP contribution in [-0.4, -0.2) is 13.0 Å². The summed E-state index contributed by atoms with van der Waals surface area (Å²) in [6, 6.07) is 18.0. The van der Waals surface area contributed by atoms with E-state index in [1.54, 1.807) is 25.3 Å². The monoisotopic (exact) mass is 396 g/mol. The Kier molecular flexibility index (Phi) is 5.66. The molecule has 0 aliphatic heterocycles. The number of hydrogen-bond acceptors (Lipinski definition) is 3. The highest BCUT2D eigenvalue weighted by Gasteiger charge is 2.11. The number of methoxy groups -OCH3 is 1. The largest absolute Gasteiger partial charge is 0.497 e. The maximum Gasteiger partial charge on any atom is 0.266 e. The van der Waals surface area contributed by atoms with E-state index in [1.807, 2.05) is 42.5 Å². The summed E-state index contributed by atoms with van der Waals surface area (Å²) in [7, 11) is 1.61. The van der Waals surface area contributed by atoms with Crippen LogP contribution in [0.5, 0.6) is 5.75 Å². The normalized spacial score (nSPS) is 11.1. The summed E-state index contributed by atoms with van der Waals surface area (Å²) < 4.78 is 5.21. The van der Waals surface area contributed by atoms with Crippen molar-refractivity contribution in [3.05, 3.63) is 75.8 Å². The van der Waals surface area contributed by atoms with E-state index in [9.17, 15) is 10.1 Å². The van der Waals surface area contributed by atoms with Gasteiger partial charge in [-0.25, -0.2) is 0 Å². The fourth-order valence-corrected chi connectivity index (χ4v) is 3.12.